The smallest absolute Gasteiger partial charge is 0.0223 e. The van der Waals surface area contributed by atoms with Gasteiger partial charge in [0.05, 0.1) is 0 Å². The third kappa shape index (κ3) is 1.78. The summed E-state index contributed by atoms with van der Waals surface area (Å²) in [5.74, 6) is 1.78. The van der Waals surface area contributed by atoms with Crippen LogP contribution in [0.2, 0.25) is 0 Å². The van der Waals surface area contributed by atoms with Gasteiger partial charge in [0.15, 0.2) is 0 Å². The van der Waals surface area contributed by atoms with Crippen LogP contribution in [0.3, 0.4) is 0 Å². The van der Waals surface area contributed by atoms with Crippen molar-refractivity contribution < 1.29 is 0 Å². The van der Waals surface area contributed by atoms with Crippen molar-refractivity contribution in [1.82, 2.24) is 0 Å². The number of rotatable bonds is 1. The van der Waals surface area contributed by atoms with Crippen LogP contribution in [-0.4, -0.2) is 0 Å². The topological polar surface area (TPSA) is 0 Å². The monoisotopic (exact) mass is 182 g/mol. The highest BCUT2D eigenvalue weighted by molar-refractivity contribution is 4.97. The first-order valence-corrected chi connectivity index (χ1v) is 5.79. The molecule has 0 aromatic carbocycles. The van der Waals surface area contributed by atoms with E-state index >= 15 is 0 Å². The van der Waals surface area contributed by atoms with Crippen molar-refractivity contribution in [3.05, 3.63) is 0 Å². The summed E-state index contributed by atoms with van der Waals surface area (Å²) >= 11 is 0. The SMILES string of the molecule is CC(C)C1(C(C)(C)C)CC[C@@H](C)C1. The lowest BCUT2D eigenvalue weighted by molar-refractivity contribution is 0.0342. The zero-order chi connectivity index (χ0) is 10.3. The van der Waals surface area contributed by atoms with E-state index in [0.717, 1.165) is 11.8 Å². The summed E-state index contributed by atoms with van der Waals surface area (Å²) in [6.45, 7) is 14.5. The zero-order valence-corrected chi connectivity index (χ0v) is 10.3. The van der Waals surface area contributed by atoms with Crippen molar-refractivity contribution in [2.24, 2.45) is 22.7 Å². The molecule has 1 aliphatic rings. The molecule has 1 fully saturated rings. The molecule has 0 amide bonds. The standard InChI is InChI=1S/C13H26/c1-10(2)13(12(4,5)6)8-7-11(3)9-13/h10-11H,7-9H2,1-6H3/t11-,13?/m1/s1. The number of hydrogen-bond acceptors (Lipinski definition) is 0. The quantitative estimate of drug-likeness (QED) is 0.560. The van der Waals surface area contributed by atoms with Crippen molar-refractivity contribution in [3.8, 4) is 0 Å². The third-order valence-electron chi connectivity index (χ3n) is 4.39. The van der Waals surface area contributed by atoms with Crippen molar-refractivity contribution in [2.75, 3.05) is 0 Å². The summed E-state index contributed by atoms with van der Waals surface area (Å²) in [7, 11) is 0. The average Bonchev–Trinajstić information content (AvgIpc) is 2.30. The van der Waals surface area contributed by atoms with Gasteiger partial charge in [-0.1, -0.05) is 48.0 Å². The molecule has 1 saturated carbocycles. The van der Waals surface area contributed by atoms with E-state index in [1.54, 1.807) is 0 Å². The molecule has 0 heteroatoms. The summed E-state index contributed by atoms with van der Waals surface area (Å²) in [4.78, 5) is 0. The Morgan fingerprint density at radius 3 is 1.92 bits per heavy atom. The Kier molecular flexibility index (Phi) is 2.81. The molecule has 0 saturated heterocycles. The molecule has 0 aliphatic heterocycles. The van der Waals surface area contributed by atoms with Gasteiger partial charge in [-0.25, -0.2) is 0 Å². The van der Waals surface area contributed by atoms with Gasteiger partial charge in [0.25, 0.3) is 0 Å². The molecule has 0 nitrogen and oxygen atoms in total. The van der Waals surface area contributed by atoms with Crippen LogP contribution in [0.1, 0.15) is 60.8 Å². The van der Waals surface area contributed by atoms with Crippen LogP contribution in [0.4, 0.5) is 0 Å². The zero-order valence-electron chi connectivity index (χ0n) is 10.3. The van der Waals surface area contributed by atoms with E-state index in [2.05, 4.69) is 41.5 Å². The van der Waals surface area contributed by atoms with E-state index in [1.807, 2.05) is 0 Å². The van der Waals surface area contributed by atoms with Crippen LogP contribution < -0.4 is 0 Å². The van der Waals surface area contributed by atoms with Gasteiger partial charge in [0, 0.05) is 0 Å². The fourth-order valence-electron chi connectivity index (χ4n) is 3.40. The summed E-state index contributed by atoms with van der Waals surface area (Å²) in [6.07, 6.45) is 4.32. The Morgan fingerprint density at radius 2 is 1.77 bits per heavy atom. The first-order valence-electron chi connectivity index (χ1n) is 5.79. The molecule has 1 unspecified atom stereocenters. The Labute approximate surface area is 84.1 Å². The first kappa shape index (κ1) is 11.1. The second-order valence-electron chi connectivity index (χ2n) is 6.41. The maximum Gasteiger partial charge on any atom is -0.0223 e. The van der Waals surface area contributed by atoms with Gasteiger partial charge >= 0.3 is 0 Å². The van der Waals surface area contributed by atoms with E-state index in [4.69, 9.17) is 0 Å². The van der Waals surface area contributed by atoms with Crippen molar-refractivity contribution in [2.45, 2.75) is 60.8 Å². The Bertz CT molecular complexity index is 173. The van der Waals surface area contributed by atoms with Gasteiger partial charge in [0.2, 0.25) is 0 Å². The molecule has 0 heterocycles. The molecule has 0 aromatic heterocycles. The highest BCUT2D eigenvalue weighted by atomic mass is 14.5. The molecule has 0 radical (unpaired) electrons. The lowest BCUT2D eigenvalue weighted by Crippen LogP contribution is -2.38. The van der Waals surface area contributed by atoms with Crippen molar-refractivity contribution in [1.29, 1.82) is 0 Å². The molecular weight excluding hydrogens is 156 g/mol. The molecule has 2 atom stereocenters. The maximum absolute atomic E-state index is 2.42. The second kappa shape index (κ2) is 3.29. The third-order valence-corrected chi connectivity index (χ3v) is 4.39. The Morgan fingerprint density at radius 1 is 1.23 bits per heavy atom. The van der Waals surface area contributed by atoms with E-state index in [0.29, 0.717) is 10.8 Å². The predicted molar refractivity (Wildman–Crippen MR) is 59.7 cm³/mol. The molecule has 1 rings (SSSR count). The molecule has 0 N–H and O–H groups in total. The second-order valence-corrected chi connectivity index (χ2v) is 6.41. The molecule has 0 bridgehead atoms. The summed E-state index contributed by atoms with van der Waals surface area (Å²) in [6, 6.07) is 0. The van der Waals surface area contributed by atoms with Crippen molar-refractivity contribution >= 4 is 0 Å². The maximum atomic E-state index is 2.42. The van der Waals surface area contributed by atoms with E-state index in [-0.39, 0.29) is 0 Å². The minimum absolute atomic E-state index is 0.478. The van der Waals surface area contributed by atoms with Crippen LogP contribution in [0.25, 0.3) is 0 Å². The van der Waals surface area contributed by atoms with Gasteiger partial charge in [-0.2, -0.15) is 0 Å². The molecular formula is C13H26. The number of hydrogen-bond donors (Lipinski definition) is 0. The molecule has 78 valence electrons. The fraction of sp³-hybridized carbons (Fsp3) is 1.00. The summed E-state index contributed by atoms with van der Waals surface area (Å²) in [5, 5.41) is 0. The molecule has 13 heavy (non-hydrogen) atoms. The van der Waals surface area contributed by atoms with Gasteiger partial charge in [-0.05, 0) is 35.5 Å². The van der Waals surface area contributed by atoms with Gasteiger partial charge in [-0.3, -0.25) is 0 Å². The van der Waals surface area contributed by atoms with Gasteiger partial charge in [0.1, 0.15) is 0 Å². The normalized spacial score (nSPS) is 35.8. The van der Waals surface area contributed by atoms with Crippen LogP contribution in [0.15, 0.2) is 0 Å². The Balaban J connectivity index is 2.90. The largest absolute Gasteiger partial charge is 0.0625 e. The lowest BCUT2D eigenvalue weighted by atomic mass is 9.59. The first-order chi connectivity index (χ1) is 5.79. The van der Waals surface area contributed by atoms with Crippen LogP contribution in [0, 0.1) is 22.7 Å². The van der Waals surface area contributed by atoms with Crippen LogP contribution >= 0.6 is 0 Å². The highest BCUT2D eigenvalue weighted by Crippen LogP contribution is 2.57. The minimum atomic E-state index is 0.478. The average molecular weight is 182 g/mol. The summed E-state index contributed by atoms with van der Waals surface area (Å²) < 4.78 is 0. The fourth-order valence-corrected chi connectivity index (χ4v) is 3.40. The summed E-state index contributed by atoms with van der Waals surface area (Å²) in [5.41, 5.74) is 1.08. The minimum Gasteiger partial charge on any atom is -0.0625 e. The molecule has 0 aromatic rings. The highest BCUT2D eigenvalue weighted by Gasteiger charge is 2.47. The Hall–Kier alpha value is 0. The lowest BCUT2D eigenvalue weighted by Gasteiger charge is -2.46. The van der Waals surface area contributed by atoms with E-state index in [1.165, 1.54) is 19.3 Å². The van der Waals surface area contributed by atoms with E-state index < -0.39 is 0 Å². The predicted octanol–water partition coefficient (Wildman–Crippen LogP) is 4.49. The molecule has 0 spiro atoms. The van der Waals surface area contributed by atoms with Crippen LogP contribution in [0.5, 0.6) is 0 Å². The van der Waals surface area contributed by atoms with E-state index in [9.17, 15) is 0 Å². The van der Waals surface area contributed by atoms with Gasteiger partial charge in [-0.15, -0.1) is 0 Å². The van der Waals surface area contributed by atoms with Gasteiger partial charge < -0.3 is 0 Å². The van der Waals surface area contributed by atoms with Crippen molar-refractivity contribution in [3.63, 3.8) is 0 Å². The van der Waals surface area contributed by atoms with Crippen LogP contribution in [-0.2, 0) is 0 Å². The molecule has 1 aliphatic carbocycles.